The number of Topliss-reactive ketones (excluding diaryl/α,β-unsaturated/α-hetero) is 1. The number of ketones is 1. The van der Waals surface area contributed by atoms with Crippen molar-refractivity contribution in [3.8, 4) is 0 Å². The van der Waals surface area contributed by atoms with Gasteiger partial charge in [0.1, 0.15) is 5.38 Å². The summed E-state index contributed by atoms with van der Waals surface area (Å²) in [7, 11) is 5.20. The van der Waals surface area contributed by atoms with Crippen LogP contribution in [-0.2, 0) is 4.79 Å². The van der Waals surface area contributed by atoms with Crippen molar-refractivity contribution in [3.63, 3.8) is 0 Å². The fourth-order valence-electron chi connectivity index (χ4n) is 0.470. The van der Waals surface area contributed by atoms with Gasteiger partial charge in [-0.15, -0.1) is 11.6 Å². The van der Waals surface area contributed by atoms with Crippen LogP contribution in [0, 0.1) is 0 Å². The molecular formula is C4H4Cl2OS. The number of hydrogen-bond acceptors (Lipinski definition) is 1. The first kappa shape index (κ1) is 6.59. The average Bonchev–Trinajstić information content (AvgIpc) is 1.85. The van der Waals surface area contributed by atoms with Gasteiger partial charge in [-0.25, -0.2) is 0 Å². The molecule has 0 aliphatic carbocycles. The first-order valence-electron chi connectivity index (χ1n) is 2.09. The number of carbonyl (C=O) groups excluding carboxylic acids is 1. The van der Waals surface area contributed by atoms with Crippen LogP contribution in [-0.4, -0.2) is 22.3 Å². The minimum Gasteiger partial charge on any atom is -0.293 e. The normalized spacial score (nSPS) is 37.5. The summed E-state index contributed by atoms with van der Waals surface area (Å²) in [5.74, 6) is 0.590. The minimum atomic E-state index is -0.367. The molecule has 8 heavy (non-hydrogen) atoms. The van der Waals surface area contributed by atoms with Crippen molar-refractivity contribution in [1.29, 1.82) is 0 Å². The largest absolute Gasteiger partial charge is 0.293 e. The molecule has 0 N–H and O–H groups in total. The summed E-state index contributed by atoms with van der Waals surface area (Å²) in [4.78, 5) is 10.5. The van der Waals surface area contributed by atoms with Gasteiger partial charge in [-0.3, -0.25) is 4.79 Å². The summed E-state index contributed by atoms with van der Waals surface area (Å²) in [5, 5.41) is 1.13. The number of alkyl halides is 1. The molecule has 1 rings (SSSR count). The quantitative estimate of drug-likeness (QED) is 0.397. The molecule has 0 saturated heterocycles. The highest BCUT2D eigenvalue weighted by Gasteiger charge is 2.20. The SMILES string of the molecule is O=C1C=S(Cl)CC1Cl. The van der Waals surface area contributed by atoms with Gasteiger partial charge in [0.15, 0.2) is 5.78 Å². The van der Waals surface area contributed by atoms with Crippen LogP contribution in [0.4, 0.5) is 0 Å². The molecular weight excluding hydrogens is 167 g/mol. The van der Waals surface area contributed by atoms with E-state index in [2.05, 4.69) is 0 Å². The molecule has 1 aliphatic rings. The van der Waals surface area contributed by atoms with Crippen LogP contribution in [0.5, 0.6) is 0 Å². The van der Waals surface area contributed by atoms with Gasteiger partial charge >= 0.3 is 0 Å². The monoisotopic (exact) mass is 170 g/mol. The third-order valence-electron chi connectivity index (χ3n) is 0.858. The van der Waals surface area contributed by atoms with Crippen molar-refractivity contribution in [1.82, 2.24) is 0 Å². The van der Waals surface area contributed by atoms with E-state index in [1.807, 2.05) is 0 Å². The van der Waals surface area contributed by atoms with Gasteiger partial charge in [0, 0.05) is 11.1 Å². The molecule has 0 saturated carbocycles. The van der Waals surface area contributed by atoms with E-state index in [9.17, 15) is 4.79 Å². The van der Waals surface area contributed by atoms with Crippen LogP contribution in [0.25, 0.3) is 0 Å². The van der Waals surface area contributed by atoms with Crippen LogP contribution in [0.2, 0.25) is 0 Å². The van der Waals surface area contributed by atoms with E-state index in [0.717, 1.165) is 0 Å². The van der Waals surface area contributed by atoms with Crippen molar-refractivity contribution in [2.24, 2.45) is 0 Å². The lowest BCUT2D eigenvalue weighted by Crippen LogP contribution is -2.10. The summed E-state index contributed by atoms with van der Waals surface area (Å²) in [5.41, 5.74) is 0. The molecule has 0 radical (unpaired) electrons. The van der Waals surface area contributed by atoms with Crippen LogP contribution in [0.1, 0.15) is 0 Å². The van der Waals surface area contributed by atoms with Gasteiger partial charge in [0.2, 0.25) is 0 Å². The second kappa shape index (κ2) is 2.38. The van der Waals surface area contributed by atoms with Crippen LogP contribution in [0.15, 0.2) is 0 Å². The second-order valence-corrected chi connectivity index (χ2v) is 4.53. The van der Waals surface area contributed by atoms with Crippen molar-refractivity contribution in [3.05, 3.63) is 0 Å². The molecule has 0 bridgehead atoms. The van der Waals surface area contributed by atoms with Gasteiger partial charge < -0.3 is 0 Å². The van der Waals surface area contributed by atoms with E-state index >= 15 is 0 Å². The zero-order chi connectivity index (χ0) is 6.15. The van der Waals surface area contributed by atoms with E-state index in [-0.39, 0.29) is 20.9 Å². The molecule has 4 heteroatoms. The van der Waals surface area contributed by atoms with Crippen LogP contribution < -0.4 is 0 Å². The minimum absolute atomic E-state index is 0.0231. The molecule has 46 valence electrons. The van der Waals surface area contributed by atoms with Gasteiger partial charge in [-0.1, -0.05) is 20.4 Å². The summed E-state index contributed by atoms with van der Waals surface area (Å²) < 4.78 is 0. The topological polar surface area (TPSA) is 17.1 Å². The fourth-order valence-corrected chi connectivity index (χ4v) is 2.81. The maximum atomic E-state index is 10.5. The lowest BCUT2D eigenvalue weighted by molar-refractivity contribution is -0.111. The summed E-state index contributed by atoms with van der Waals surface area (Å²) in [6.07, 6.45) is 0. The zero-order valence-electron chi connectivity index (χ0n) is 3.93. The Kier molecular flexibility index (Phi) is 1.96. The lowest BCUT2D eigenvalue weighted by atomic mass is 10.3. The highest BCUT2D eigenvalue weighted by atomic mass is 35.7. The van der Waals surface area contributed by atoms with E-state index in [1.54, 1.807) is 0 Å². The predicted molar refractivity (Wildman–Crippen MR) is 39.0 cm³/mol. The standard InChI is InChI=1S/C4H4Cl2OS/c5-3-1-8(6)2-4(3)7/h2-3H,1H2. The Labute approximate surface area is 59.4 Å². The molecule has 0 aromatic rings. The first-order chi connectivity index (χ1) is 3.70. The Morgan fingerprint density at radius 2 is 2.50 bits per heavy atom. The van der Waals surface area contributed by atoms with Gasteiger partial charge in [0.25, 0.3) is 0 Å². The van der Waals surface area contributed by atoms with Crippen LogP contribution in [0.3, 0.4) is 0 Å². The third-order valence-corrected chi connectivity index (χ3v) is 3.20. The van der Waals surface area contributed by atoms with Gasteiger partial charge in [-0.2, -0.15) is 0 Å². The number of rotatable bonds is 0. The van der Waals surface area contributed by atoms with Crippen molar-refractivity contribution in [2.75, 3.05) is 5.75 Å². The van der Waals surface area contributed by atoms with E-state index < -0.39 is 0 Å². The second-order valence-electron chi connectivity index (χ2n) is 1.52. The van der Waals surface area contributed by atoms with E-state index in [4.69, 9.17) is 22.3 Å². The molecule has 0 aromatic heterocycles. The number of hydrogen-bond donors (Lipinski definition) is 0. The van der Waals surface area contributed by atoms with Crippen molar-refractivity contribution < 1.29 is 4.79 Å². The molecule has 1 aliphatic heterocycles. The molecule has 1 nitrogen and oxygen atoms in total. The van der Waals surface area contributed by atoms with Gasteiger partial charge in [-0.05, 0) is 0 Å². The summed E-state index contributed by atoms with van der Waals surface area (Å²) in [6.45, 7) is 0. The maximum absolute atomic E-state index is 10.5. The molecule has 0 amide bonds. The third kappa shape index (κ3) is 1.24. The Hall–Kier alpha value is 0.470. The fraction of sp³-hybridized carbons (Fsp3) is 0.500. The Balaban J connectivity index is 2.70. The Morgan fingerprint density at radius 1 is 1.88 bits per heavy atom. The molecule has 2 unspecified atom stereocenters. The molecule has 0 aromatic carbocycles. The predicted octanol–water partition coefficient (Wildman–Crippen LogP) is 1.40. The number of carbonyl (C=O) groups is 1. The van der Waals surface area contributed by atoms with Crippen molar-refractivity contribution >= 4 is 43.1 Å². The summed E-state index contributed by atoms with van der Waals surface area (Å²) >= 11 is 5.50. The maximum Gasteiger partial charge on any atom is 0.180 e. The number of halogens is 2. The first-order valence-corrected chi connectivity index (χ1v) is 4.81. The van der Waals surface area contributed by atoms with Crippen LogP contribution >= 0.6 is 32.0 Å². The summed E-state index contributed by atoms with van der Waals surface area (Å²) in [6, 6.07) is 0. The molecule has 1 heterocycles. The molecule has 2 atom stereocenters. The highest BCUT2D eigenvalue weighted by molar-refractivity contribution is 8.35. The van der Waals surface area contributed by atoms with E-state index in [0.29, 0.717) is 5.75 Å². The highest BCUT2D eigenvalue weighted by Crippen LogP contribution is 2.26. The van der Waals surface area contributed by atoms with Crippen molar-refractivity contribution in [2.45, 2.75) is 5.38 Å². The Morgan fingerprint density at radius 3 is 2.62 bits per heavy atom. The van der Waals surface area contributed by atoms with E-state index in [1.165, 1.54) is 5.37 Å². The van der Waals surface area contributed by atoms with Gasteiger partial charge in [0.05, 0.1) is 0 Å². The molecule has 0 fully saturated rings. The zero-order valence-corrected chi connectivity index (χ0v) is 6.26. The Bertz CT molecular complexity index is 154. The molecule has 0 spiro atoms. The lowest BCUT2D eigenvalue weighted by Gasteiger charge is -1.90. The average molecular weight is 171 g/mol. The smallest absolute Gasteiger partial charge is 0.180 e.